The topological polar surface area (TPSA) is 63.3 Å². The molecule has 130 valence electrons. The van der Waals surface area contributed by atoms with Gasteiger partial charge in [-0.1, -0.05) is 19.8 Å². The van der Waals surface area contributed by atoms with Gasteiger partial charge in [-0.2, -0.15) is 0 Å². The molecule has 1 aromatic rings. The van der Waals surface area contributed by atoms with Crippen LogP contribution in [0.3, 0.4) is 0 Å². The van der Waals surface area contributed by atoms with Crippen molar-refractivity contribution in [3.63, 3.8) is 0 Å². The van der Waals surface area contributed by atoms with Crippen molar-refractivity contribution < 1.29 is 27.5 Å². The van der Waals surface area contributed by atoms with E-state index in [4.69, 9.17) is 10.8 Å². The lowest BCUT2D eigenvalue weighted by Crippen LogP contribution is -2.25. The minimum atomic E-state index is -1.81. The van der Waals surface area contributed by atoms with Crippen molar-refractivity contribution in [2.24, 2.45) is 17.6 Å². The molecule has 0 saturated heterocycles. The van der Waals surface area contributed by atoms with Crippen LogP contribution in [0.15, 0.2) is 6.07 Å². The van der Waals surface area contributed by atoms with Crippen molar-refractivity contribution in [3.05, 3.63) is 34.9 Å². The fraction of sp³-hybridized carbons (Fsp3) is 0.562. The number of hydrogen-bond donors (Lipinski definition) is 2. The van der Waals surface area contributed by atoms with Gasteiger partial charge < -0.3 is 10.8 Å². The highest BCUT2D eigenvalue weighted by atomic mass is 19.2. The minimum absolute atomic E-state index is 0.0366. The molecule has 0 radical (unpaired) electrons. The highest BCUT2D eigenvalue weighted by molar-refractivity contribution is 5.70. The molecule has 0 aliphatic rings. The van der Waals surface area contributed by atoms with Crippen molar-refractivity contribution in [3.8, 4) is 0 Å². The zero-order valence-electron chi connectivity index (χ0n) is 12.9. The van der Waals surface area contributed by atoms with Crippen molar-refractivity contribution in [1.29, 1.82) is 0 Å². The highest BCUT2D eigenvalue weighted by Crippen LogP contribution is 2.24. The largest absolute Gasteiger partial charge is 0.481 e. The number of hydrogen-bond acceptors (Lipinski definition) is 2. The van der Waals surface area contributed by atoms with Crippen molar-refractivity contribution in [2.75, 3.05) is 6.54 Å². The summed E-state index contributed by atoms with van der Waals surface area (Å²) in [6.45, 7) is 1.94. The Bertz CT molecular complexity index is 551. The molecule has 3 nitrogen and oxygen atoms in total. The van der Waals surface area contributed by atoms with Gasteiger partial charge in [0.2, 0.25) is 0 Å². The maximum atomic E-state index is 13.5. The predicted octanol–water partition coefficient (Wildman–Crippen LogP) is 3.64. The van der Waals surface area contributed by atoms with Crippen molar-refractivity contribution >= 4 is 5.97 Å². The molecular weight excluding hydrogens is 314 g/mol. The van der Waals surface area contributed by atoms with Crippen molar-refractivity contribution in [2.45, 2.75) is 39.0 Å². The van der Waals surface area contributed by atoms with Gasteiger partial charge in [0.25, 0.3) is 0 Å². The van der Waals surface area contributed by atoms with E-state index in [1.54, 1.807) is 0 Å². The molecular formula is C16H21F4NO2. The van der Waals surface area contributed by atoms with Crippen LogP contribution in [0.2, 0.25) is 0 Å². The molecule has 0 saturated carbocycles. The molecule has 0 amide bonds. The highest BCUT2D eigenvalue weighted by Gasteiger charge is 2.21. The Hall–Kier alpha value is -1.63. The third-order valence-corrected chi connectivity index (χ3v) is 4.07. The number of benzene rings is 1. The molecule has 0 bridgehead atoms. The second-order valence-corrected chi connectivity index (χ2v) is 5.63. The monoisotopic (exact) mass is 335 g/mol. The first-order valence-electron chi connectivity index (χ1n) is 7.56. The summed E-state index contributed by atoms with van der Waals surface area (Å²) in [7, 11) is 0. The molecule has 23 heavy (non-hydrogen) atoms. The number of rotatable bonds is 9. The van der Waals surface area contributed by atoms with Crippen LogP contribution in [-0.2, 0) is 11.2 Å². The molecule has 0 fully saturated rings. The number of carboxylic acid groups (broad SMARTS) is 1. The third kappa shape index (κ3) is 5.20. The van der Waals surface area contributed by atoms with Gasteiger partial charge in [0.1, 0.15) is 0 Å². The minimum Gasteiger partial charge on any atom is -0.481 e. The summed E-state index contributed by atoms with van der Waals surface area (Å²) in [5.41, 5.74) is 5.20. The van der Waals surface area contributed by atoms with Crippen molar-refractivity contribution in [1.82, 2.24) is 0 Å². The normalized spacial score (nSPS) is 13.8. The molecule has 2 atom stereocenters. The number of halogens is 4. The predicted molar refractivity (Wildman–Crippen MR) is 77.8 cm³/mol. The molecule has 1 aromatic carbocycles. The summed E-state index contributed by atoms with van der Waals surface area (Å²) in [6, 6.07) is 0.661. The van der Waals surface area contributed by atoms with Crippen LogP contribution < -0.4 is 5.73 Å². The Balaban J connectivity index is 2.63. The van der Waals surface area contributed by atoms with Gasteiger partial charge in [0.15, 0.2) is 23.3 Å². The molecule has 1 rings (SSSR count). The number of nitrogens with two attached hydrogens (primary N) is 1. The van der Waals surface area contributed by atoms with E-state index in [2.05, 4.69) is 0 Å². The van der Waals surface area contributed by atoms with Gasteiger partial charge >= 0.3 is 5.97 Å². The number of aryl methyl sites for hydroxylation is 1. The molecule has 0 aliphatic carbocycles. The van der Waals surface area contributed by atoms with E-state index in [0.717, 1.165) is 6.42 Å². The van der Waals surface area contributed by atoms with E-state index in [-0.39, 0.29) is 24.4 Å². The van der Waals surface area contributed by atoms with Gasteiger partial charge in [0.05, 0.1) is 5.92 Å². The Morgan fingerprint density at radius 1 is 1.22 bits per heavy atom. The van der Waals surface area contributed by atoms with Crippen LogP contribution in [-0.4, -0.2) is 17.6 Å². The molecule has 2 unspecified atom stereocenters. The lowest BCUT2D eigenvalue weighted by molar-refractivity contribution is -0.142. The lowest BCUT2D eigenvalue weighted by Gasteiger charge is -2.18. The molecule has 0 aromatic heterocycles. The molecule has 3 N–H and O–H groups in total. The quantitative estimate of drug-likeness (QED) is 0.411. The van der Waals surface area contributed by atoms with Gasteiger partial charge in [0, 0.05) is 6.54 Å². The Labute approximate surface area is 132 Å². The summed E-state index contributed by atoms with van der Waals surface area (Å²) in [5.74, 6) is -7.94. The first-order valence-corrected chi connectivity index (χ1v) is 7.56. The third-order valence-electron chi connectivity index (χ3n) is 4.07. The summed E-state index contributed by atoms with van der Waals surface area (Å²) in [4.78, 5) is 11.0. The lowest BCUT2D eigenvalue weighted by atomic mass is 9.88. The SMILES string of the molecule is CCC(CCCc1cc(F)c(F)c(F)c1F)CC(CN)C(=O)O. The molecule has 0 aliphatic heterocycles. The van der Waals surface area contributed by atoms with Gasteiger partial charge in [-0.3, -0.25) is 4.79 Å². The van der Waals surface area contributed by atoms with Gasteiger partial charge in [-0.05, 0) is 36.8 Å². The van der Waals surface area contributed by atoms with Crippen LogP contribution in [0.1, 0.15) is 38.2 Å². The van der Waals surface area contributed by atoms with E-state index < -0.39 is 35.2 Å². The van der Waals surface area contributed by atoms with Crippen LogP contribution in [0, 0.1) is 35.1 Å². The van der Waals surface area contributed by atoms with E-state index in [0.29, 0.717) is 25.3 Å². The second-order valence-electron chi connectivity index (χ2n) is 5.63. The first-order chi connectivity index (χ1) is 10.8. The van der Waals surface area contributed by atoms with Crippen LogP contribution in [0.5, 0.6) is 0 Å². The Morgan fingerprint density at radius 3 is 2.39 bits per heavy atom. The fourth-order valence-electron chi connectivity index (χ4n) is 2.57. The first kappa shape index (κ1) is 19.4. The molecule has 7 heteroatoms. The van der Waals surface area contributed by atoms with Gasteiger partial charge in [-0.25, -0.2) is 17.6 Å². The Morgan fingerprint density at radius 2 is 1.87 bits per heavy atom. The summed E-state index contributed by atoms with van der Waals surface area (Å²) in [6.07, 6.45) is 2.16. The average molecular weight is 335 g/mol. The second kappa shape index (κ2) is 8.86. The number of carboxylic acids is 1. The number of carbonyl (C=O) groups is 1. The maximum Gasteiger partial charge on any atom is 0.307 e. The summed E-state index contributed by atoms with van der Waals surface area (Å²) < 4.78 is 52.7. The maximum absolute atomic E-state index is 13.5. The van der Waals surface area contributed by atoms with E-state index in [1.165, 1.54) is 0 Å². The smallest absolute Gasteiger partial charge is 0.307 e. The van der Waals surface area contributed by atoms with E-state index in [9.17, 15) is 22.4 Å². The standard InChI is InChI=1S/C16H21F4NO2/c1-2-9(6-11(8-21)16(22)23)4-3-5-10-7-12(17)14(19)15(20)13(10)18/h7,9,11H,2-6,8,21H2,1H3,(H,22,23). The van der Waals surface area contributed by atoms with E-state index >= 15 is 0 Å². The summed E-state index contributed by atoms with van der Waals surface area (Å²) in [5, 5.41) is 9.00. The average Bonchev–Trinajstić information content (AvgIpc) is 2.52. The Kier molecular flexibility index (Phi) is 7.48. The van der Waals surface area contributed by atoms with Crippen LogP contribution in [0.4, 0.5) is 17.6 Å². The van der Waals surface area contributed by atoms with E-state index in [1.807, 2.05) is 6.92 Å². The van der Waals surface area contributed by atoms with Gasteiger partial charge in [-0.15, -0.1) is 0 Å². The van der Waals surface area contributed by atoms with Crippen LogP contribution >= 0.6 is 0 Å². The summed E-state index contributed by atoms with van der Waals surface area (Å²) >= 11 is 0. The number of aliphatic carboxylic acids is 1. The zero-order valence-corrected chi connectivity index (χ0v) is 12.9. The fourth-order valence-corrected chi connectivity index (χ4v) is 2.57. The van der Waals surface area contributed by atoms with Crippen LogP contribution in [0.25, 0.3) is 0 Å². The molecule has 0 heterocycles. The zero-order chi connectivity index (χ0) is 17.6. The molecule has 0 spiro atoms.